The molecule has 4 aromatic carbocycles. The molecule has 15 heteroatoms. The fourth-order valence-corrected chi connectivity index (χ4v) is 13.5. The number of carbonyl (C=O) groups excluding carboxylic acids is 4. The van der Waals surface area contributed by atoms with Crippen molar-refractivity contribution in [2.24, 2.45) is 4.99 Å². The Morgan fingerprint density at radius 2 is 0.786 bits per heavy atom. The van der Waals surface area contributed by atoms with Gasteiger partial charge in [-0.25, -0.2) is 0 Å². The Balaban J connectivity index is 0.000000175. The smallest absolute Gasteiger partial charge is 0.257 e. The summed E-state index contributed by atoms with van der Waals surface area (Å²) in [5, 5.41) is 0. The number of hydrogen-bond acceptors (Lipinski definition) is 11. The molecule has 0 aromatic heterocycles. The quantitative estimate of drug-likeness (QED) is 0.0696. The maximum atomic E-state index is 13.2. The van der Waals surface area contributed by atoms with Gasteiger partial charge in [0.2, 0.25) is 0 Å². The molecule has 15 nitrogen and oxygen atoms in total. The van der Waals surface area contributed by atoms with Crippen LogP contribution in [-0.4, -0.2) is 140 Å². The summed E-state index contributed by atoms with van der Waals surface area (Å²) in [6.45, 7) is 25.2. The van der Waals surface area contributed by atoms with Crippen molar-refractivity contribution in [1.29, 1.82) is 0 Å². The van der Waals surface area contributed by atoms with E-state index in [4.69, 9.17) is 28.4 Å². The number of aliphatic imine (C=N–C) groups is 1. The van der Waals surface area contributed by atoms with Crippen molar-refractivity contribution in [2.75, 3.05) is 66.8 Å². The van der Waals surface area contributed by atoms with Gasteiger partial charge in [0.25, 0.3) is 23.6 Å². The molecule has 8 aliphatic heterocycles. The van der Waals surface area contributed by atoms with E-state index >= 15 is 0 Å². The monoisotopic (exact) mass is 1140 g/mol. The molecule has 0 aliphatic carbocycles. The highest BCUT2D eigenvalue weighted by molar-refractivity contribution is 6.04. The predicted octanol–water partition coefficient (Wildman–Crippen LogP) is 11.9. The highest BCUT2D eigenvalue weighted by Crippen LogP contribution is 2.41. The van der Waals surface area contributed by atoms with Crippen LogP contribution < -0.4 is 28.4 Å². The molecule has 4 saturated heterocycles. The first-order valence-corrected chi connectivity index (χ1v) is 30.3. The molecule has 4 amide bonds. The standard InChI is InChI=1S/C35H42N2O5.C34H39N3O5/c1-22-14-27-10-8-25-17-31(24(3)16-29(25)34(38)36(27)20-22)41-12-6-5-7-13-42-33-18-26-9-11-28-15-23(2)21-37(28)35(39)30(26)19-32(33)40-4;1-21-12-25-9-8-24-15-30(23(3)14-27(24)33(38)36(25)19-21)41-10-6-5-7-11-42-32-17-29-28(16-31(32)40-4)34(39)37-20-22(2)13-26(37)18-35-29/h16-19,27-28H,1-2,5-15,20-21H2,3-4H3;14-18,25-26H,1-2,5-13,19-20H2,3-4H3/t27-,28-;25-,26+/m11/s1. The van der Waals surface area contributed by atoms with Gasteiger partial charge in [0.15, 0.2) is 23.0 Å². The van der Waals surface area contributed by atoms with E-state index in [0.29, 0.717) is 86.9 Å². The van der Waals surface area contributed by atoms with E-state index in [1.54, 1.807) is 26.4 Å². The summed E-state index contributed by atoms with van der Waals surface area (Å²) in [4.78, 5) is 65.1. The van der Waals surface area contributed by atoms with E-state index in [2.05, 4.69) is 43.4 Å². The number of fused-ring (bicyclic) bond motifs is 8. The van der Waals surface area contributed by atoms with E-state index in [-0.39, 0.29) is 47.8 Å². The average molecular weight is 1140 g/mol. The molecule has 8 heterocycles. The van der Waals surface area contributed by atoms with Crippen molar-refractivity contribution in [3.63, 3.8) is 0 Å². The van der Waals surface area contributed by atoms with Crippen LogP contribution in [0.4, 0.5) is 5.69 Å². The molecule has 4 atom stereocenters. The Labute approximate surface area is 494 Å². The Hall–Kier alpha value is -7.81. The van der Waals surface area contributed by atoms with Crippen molar-refractivity contribution in [3.8, 4) is 34.5 Å². The second-order valence-electron chi connectivity index (χ2n) is 24.2. The van der Waals surface area contributed by atoms with Gasteiger partial charge in [-0.05, 0) is 187 Å². The number of ether oxygens (including phenoxy) is 6. The third-order valence-corrected chi connectivity index (χ3v) is 18.0. The number of benzene rings is 4. The number of rotatable bonds is 18. The summed E-state index contributed by atoms with van der Waals surface area (Å²) in [5.41, 5.74) is 13.1. The van der Waals surface area contributed by atoms with Gasteiger partial charge in [0, 0.05) is 73.3 Å². The van der Waals surface area contributed by atoms with Crippen LogP contribution in [0.2, 0.25) is 0 Å². The molecule has 0 radical (unpaired) electrons. The van der Waals surface area contributed by atoms with Crippen LogP contribution >= 0.6 is 0 Å². The Kier molecular flexibility index (Phi) is 17.4. The van der Waals surface area contributed by atoms with E-state index in [1.165, 1.54) is 0 Å². The molecule has 4 fully saturated rings. The zero-order valence-corrected chi connectivity index (χ0v) is 49.6. The van der Waals surface area contributed by atoms with Gasteiger partial charge in [-0.3, -0.25) is 24.2 Å². The second kappa shape index (κ2) is 25.2. The number of hydrogen-bond donors (Lipinski definition) is 0. The number of carbonyl (C=O) groups is 4. The summed E-state index contributed by atoms with van der Waals surface area (Å²) in [6.07, 6.45) is 16.2. The SMILES string of the molecule is C=C1C[C@H]2CCc3cc(OCCCCCOc4cc5c(cc4OC)C(=O)N4CC(=C)C[C@H]4C=N5)c(C)cc3C(=O)N2C1.C=C1C[C@H]2CCc3cc(OCCCCCOc4cc5c(cc4OC)C(=O)N4CC(=C)C[C@H]4CC5)c(C)cc3C(=O)N2C1. The minimum Gasteiger partial charge on any atom is -0.493 e. The Morgan fingerprint density at radius 1 is 0.429 bits per heavy atom. The van der Waals surface area contributed by atoms with Gasteiger partial charge in [0.05, 0.1) is 57.9 Å². The van der Waals surface area contributed by atoms with Crippen LogP contribution in [0.3, 0.4) is 0 Å². The van der Waals surface area contributed by atoms with Crippen LogP contribution in [0.5, 0.6) is 34.5 Å². The molecular formula is C69H81N5O10. The third-order valence-electron chi connectivity index (χ3n) is 18.0. The van der Waals surface area contributed by atoms with Crippen molar-refractivity contribution < 1.29 is 47.6 Å². The zero-order valence-electron chi connectivity index (χ0n) is 49.6. The summed E-state index contributed by atoms with van der Waals surface area (Å²) in [5.74, 6) is 4.41. The van der Waals surface area contributed by atoms with Crippen molar-refractivity contribution >= 4 is 35.5 Å². The molecule has 0 N–H and O–H groups in total. The van der Waals surface area contributed by atoms with Gasteiger partial charge < -0.3 is 48.0 Å². The van der Waals surface area contributed by atoms with Gasteiger partial charge >= 0.3 is 0 Å². The van der Waals surface area contributed by atoms with Crippen molar-refractivity contribution in [3.05, 3.63) is 147 Å². The summed E-state index contributed by atoms with van der Waals surface area (Å²) in [6, 6.07) is 16.3. The lowest BCUT2D eigenvalue weighted by Crippen LogP contribution is -2.35. The second-order valence-corrected chi connectivity index (χ2v) is 24.2. The lowest BCUT2D eigenvalue weighted by atomic mass is 9.98. The van der Waals surface area contributed by atoms with Gasteiger partial charge in [-0.1, -0.05) is 48.6 Å². The molecular weight excluding hydrogens is 1060 g/mol. The minimum absolute atomic E-state index is 0.0503. The number of methoxy groups -OCH3 is 2. The number of nitrogens with zero attached hydrogens (tertiary/aromatic N) is 5. The molecule has 0 saturated carbocycles. The Morgan fingerprint density at radius 3 is 1.23 bits per heavy atom. The first-order chi connectivity index (χ1) is 40.6. The highest BCUT2D eigenvalue weighted by Gasteiger charge is 2.39. The zero-order chi connectivity index (χ0) is 58.8. The number of amides is 4. The fourth-order valence-electron chi connectivity index (χ4n) is 13.5. The minimum atomic E-state index is -0.0565. The van der Waals surface area contributed by atoms with Crippen LogP contribution in [0.1, 0.15) is 153 Å². The normalized spacial score (nSPS) is 21.2. The molecule has 84 heavy (non-hydrogen) atoms. The molecule has 0 spiro atoms. The van der Waals surface area contributed by atoms with Crippen molar-refractivity contribution in [1.82, 2.24) is 19.6 Å². The number of unbranched alkanes of at least 4 members (excludes halogenated alkanes) is 4. The van der Waals surface area contributed by atoms with Crippen molar-refractivity contribution in [2.45, 2.75) is 141 Å². The topological polar surface area (TPSA) is 149 Å². The van der Waals surface area contributed by atoms with Gasteiger partial charge in [-0.2, -0.15) is 0 Å². The van der Waals surface area contributed by atoms with Gasteiger partial charge in [-0.15, -0.1) is 0 Å². The molecule has 0 unspecified atom stereocenters. The van der Waals surface area contributed by atoms with Crippen LogP contribution in [0, 0.1) is 13.8 Å². The van der Waals surface area contributed by atoms with Crippen LogP contribution in [0.25, 0.3) is 0 Å². The van der Waals surface area contributed by atoms with Gasteiger partial charge in [0.1, 0.15) is 11.5 Å². The highest BCUT2D eigenvalue weighted by atomic mass is 16.5. The largest absolute Gasteiger partial charge is 0.493 e. The van der Waals surface area contributed by atoms with E-state index in [0.717, 1.165) is 181 Å². The van der Waals surface area contributed by atoms with Crippen LogP contribution in [-0.2, 0) is 19.3 Å². The van der Waals surface area contributed by atoms with E-state index in [9.17, 15) is 19.2 Å². The first-order valence-electron chi connectivity index (χ1n) is 30.3. The maximum Gasteiger partial charge on any atom is 0.257 e. The molecule has 4 aromatic rings. The fraction of sp³-hybridized carbons (Fsp3) is 0.464. The summed E-state index contributed by atoms with van der Waals surface area (Å²) in [7, 11) is 3.20. The Bertz CT molecular complexity index is 3340. The lowest BCUT2D eigenvalue weighted by Gasteiger charge is -2.21. The third kappa shape index (κ3) is 12.2. The van der Waals surface area contributed by atoms with E-state index < -0.39 is 0 Å². The van der Waals surface area contributed by atoms with E-state index in [1.807, 2.05) is 63.9 Å². The maximum absolute atomic E-state index is 13.2. The number of aryl methyl sites for hydroxylation is 5. The predicted molar refractivity (Wildman–Crippen MR) is 325 cm³/mol. The summed E-state index contributed by atoms with van der Waals surface area (Å²) >= 11 is 0. The molecule has 8 aliphatic rings. The molecule has 0 bridgehead atoms. The summed E-state index contributed by atoms with van der Waals surface area (Å²) < 4.78 is 35.7. The molecule has 442 valence electrons. The lowest BCUT2D eigenvalue weighted by molar-refractivity contribution is 0.0734. The van der Waals surface area contributed by atoms with Crippen LogP contribution in [0.15, 0.2) is 102 Å². The average Bonchev–Trinajstić information content (AvgIpc) is 4.40. The first kappa shape index (κ1) is 58.0. The molecule has 12 rings (SSSR count).